The van der Waals surface area contributed by atoms with Crippen molar-refractivity contribution in [2.45, 2.75) is 26.0 Å². The molecule has 0 bridgehead atoms. The molecule has 0 N–H and O–H groups in total. The van der Waals surface area contributed by atoms with Crippen molar-refractivity contribution in [1.82, 2.24) is 0 Å². The summed E-state index contributed by atoms with van der Waals surface area (Å²) in [4.78, 5) is 0. The van der Waals surface area contributed by atoms with Gasteiger partial charge >= 0.3 is 0 Å². The third-order valence-electron chi connectivity index (χ3n) is 2.29. The Morgan fingerprint density at radius 2 is 2.00 bits per heavy atom. The lowest BCUT2D eigenvalue weighted by atomic mass is 10.3. The first kappa shape index (κ1) is 13.0. The van der Waals surface area contributed by atoms with E-state index in [1.54, 1.807) is 26.8 Å². The Hall–Kier alpha value is -1.10. The SMILES string of the molecule is CCN(c1cccc(F)c1)S(=O)(=O)C(C)C. The summed E-state index contributed by atoms with van der Waals surface area (Å²) >= 11 is 0. The molecule has 1 rings (SSSR count). The highest BCUT2D eigenvalue weighted by atomic mass is 32.2. The topological polar surface area (TPSA) is 37.4 Å². The monoisotopic (exact) mass is 245 g/mol. The van der Waals surface area contributed by atoms with E-state index in [9.17, 15) is 12.8 Å². The third-order valence-corrected chi connectivity index (χ3v) is 4.56. The highest BCUT2D eigenvalue weighted by Gasteiger charge is 2.24. The molecule has 5 heteroatoms. The second-order valence-corrected chi connectivity index (χ2v) is 6.15. The highest BCUT2D eigenvalue weighted by Crippen LogP contribution is 2.21. The predicted octanol–water partition coefficient (Wildman–Crippen LogP) is 2.39. The molecule has 0 aliphatic carbocycles. The summed E-state index contributed by atoms with van der Waals surface area (Å²) < 4.78 is 38.2. The number of hydrogen-bond acceptors (Lipinski definition) is 2. The lowest BCUT2D eigenvalue weighted by molar-refractivity contribution is 0.582. The van der Waals surface area contributed by atoms with E-state index in [0.717, 1.165) is 0 Å². The van der Waals surface area contributed by atoms with Crippen LogP contribution in [0.4, 0.5) is 10.1 Å². The van der Waals surface area contributed by atoms with Crippen molar-refractivity contribution in [2.75, 3.05) is 10.8 Å². The van der Waals surface area contributed by atoms with Crippen molar-refractivity contribution in [3.63, 3.8) is 0 Å². The Morgan fingerprint density at radius 3 is 2.44 bits per heavy atom. The van der Waals surface area contributed by atoms with Crippen LogP contribution >= 0.6 is 0 Å². The van der Waals surface area contributed by atoms with Gasteiger partial charge in [0.1, 0.15) is 5.82 Å². The number of sulfonamides is 1. The molecule has 0 spiro atoms. The minimum Gasteiger partial charge on any atom is -0.270 e. The molecule has 0 atom stereocenters. The molecular weight excluding hydrogens is 229 g/mol. The summed E-state index contributed by atoms with van der Waals surface area (Å²) in [6, 6.07) is 5.61. The molecular formula is C11H16FNO2S. The summed E-state index contributed by atoms with van der Waals surface area (Å²) in [5.41, 5.74) is 0.371. The zero-order valence-corrected chi connectivity index (χ0v) is 10.5. The summed E-state index contributed by atoms with van der Waals surface area (Å²) in [5, 5.41) is -0.518. The second-order valence-electron chi connectivity index (χ2n) is 3.74. The van der Waals surface area contributed by atoms with Gasteiger partial charge in [0.25, 0.3) is 0 Å². The van der Waals surface area contributed by atoms with E-state index in [-0.39, 0.29) is 0 Å². The van der Waals surface area contributed by atoms with E-state index in [1.807, 2.05) is 0 Å². The molecule has 0 unspecified atom stereocenters. The van der Waals surface area contributed by atoms with Gasteiger partial charge < -0.3 is 0 Å². The normalized spacial score (nSPS) is 11.8. The van der Waals surface area contributed by atoms with Crippen LogP contribution in [0.15, 0.2) is 24.3 Å². The van der Waals surface area contributed by atoms with Gasteiger partial charge in [0, 0.05) is 6.54 Å². The molecule has 0 aliphatic rings. The molecule has 0 aromatic heterocycles. The standard InChI is InChI=1S/C11H16FNO2S/c1-4-13(16(14,15)9(2)3)11-7-5-6-10(12)8-11/h5-9H,4H2,1-3H3. The Bertz CT molecular complexity index is 457. The van der Waals surface area contributed by atoms with E-state index in [4.69, 9.17) is 0 Å². The number of benzene rings is 1. The smallest absolute Gasteiger partial charge is 0.237 e. The maximum atomic E-state index is 13.0. The molecule has 0 fully saturated rings. The Balaban J connectivity index is 3.19. The lowest BCUT2D eigenvalue weighted by Crippen LogP contribution is -2.36. The van der Waals surface area contributed by atoms with Crippen molar-refractivity contribution in [3.05, 3.63) is 30.1 Å². The third kappa shape index (κ3) is 2.52. The van der Waals surface area contributed by atoms with Crippen molar-refractivity contribution in [3.8, 4) is 0 Å². The summed E-state index contributed by atoms with van der Waals surface area (Å²) in [5.74, 6) is -0.435. The van der Waals surface area contributed by atoms with Crippen LogP contribution in [0.5, 0.6) is 0 Å². The molecule has 0 radical (unpaired) electrons. The van der Waals surface area contributed by atoms with Gasteiger partial charge in [-0.2, -0.15) is 0 Å². The zero-order valence-electron chi connectivity index (χ0n) is 9.64. The molecule has 3 nitrogen and oxygen atoms in total. The van der Waals surface area contributed by atoms with E-state index in [0.29, 0.717) is 12.2 Å². The van der Waals surface area contributed by atoms with Crippen LogP contribution in [-0.4, -0.2) is 20.2 Å². The molecule has 0 saturated heterocycles. The number of halogens is 1. The average molecular weight is 245 g/mol. The van der Waals surface area contributed by atoms with Gasteiger partial charge in [-0.05, 0) is 39.0 Å². The first-order chi connectivity index (χ1) is 7.39. The number of hydrogen-bond donors (Lipinski definition) is 0. The summed E-state index contributed by atoms with van der Waals surface area (Å²) in [6.45, 7) is 5.24. The van der Waals surface area contributed by atoms with E-state index >= 15 is 0 Å². The zero-order chi connectivity index (χ0) is 12.3. The molecule has 16 heavy (non-hydrogen) atoms. The Morgan fingerprint density at radius 1 is 1.38 bits per heavy atom. The largest absolute Gasteiger partial charge is 0.270 e. The van der Waals surface area contributed by atoms with Crippen LogP contribution in [0.2, 0.25) is 0 Å². The van der Waals surface area contributed by atoms with Gasteiger partial charge in [0.05, 0.1) is 10.9 Å². The lowest BCUT2D eigenvalue weighted by Gasteiger charge is -2.24. The first-order valence-corrected chi connectivity index (χ1v) is 6.67. The maximum absolute atomic E-state index is 13.0. The van der Waals surface area contributed by atoms with E-state index in [2.05, 4.69) is 0 Å². The van der Waals surface area contributed by atoms with Crippen LogP contribution in [0.25, 0.3) is 0 Å². The van der Waals surface area contributed by atoms with Crippen molar-refractivity contribution >= 4 is 15.7 Å². The van der Waals surface area contributed by atoms with Gasteiger partial charge in [0.15, 0.2) is 0 Å². The van der Waals surface area contributed by atoms with Crippen LogP contribution in [0, 0.1) is 5.82 Å². The minimum atomic E-state index is -3.39. The van der Waals surface area contributed by atoms with E-state index < -0.39 is 21.1 Å². The van der Waals surface area contributed by atoms with Gasteiger partial charge in [0.2, 0.25) is 10.0 Å². The number of rotatable bonds is 4. The first-order valence-electron chi connectivity index (χ1n) is 5.16. The predicted molar refractivity (Wildman–Crippen MR) is 63.5 cm³/mol. The van der Waals surface area contributed by atoms with Crippen molar-refractivity contribution in [1.29, 1.82) is 0 Å². The second kappa shape index (κ2) is 4.82. The quantitative estimate of drug-likeness (QED) is 0.816. The number of anilines is 1. The fourth-order valence-electron chi connectivity index (χ4n) is 1.40. The molecule has 1 aromatic rings. The van der Waals surface area contributed by atoms with Crippen LogP contribution in [-0.2, 0) is 10.0 Å². The van der Waals surface area contributed by atoms with Crippen LogP contribution in [0.3, 0.4) is 0 Å². The highest BCUT2D eigenvalue weighted by molar-refractivity contribution is 7.93. The average Bonchev–Trinajstić information content (AvgIpc) is 2.18. The molecule has 0 aliphatic heterocycles. The fourth-order valence-corrected chi connectivity index (χ4v) is 2.67. The fraction of sp³-hybridized carbons (Fsp3) is 0.455. The summed E-state index contributed by atoms with van der Waals surface area (Å²) in [6.07, 6.45) is 0. The van der Waals surface area contributed by atoms with Crippen molar-refractivity contribution in [2.24, 2.45) is 0 Å². The molecule has 90 valence electrons. The maximum Gasteiger partial charge on any atom is 0.237 e. The minimum absolute atomic E-state index is 0.296. The summed E-state index contributed by atoms with van der Waals surface area (Å²) in [7, 11) is -3.39. The molecule has 0 amide bonds. The molecule has 0 heterocycles. The molecule has 0 saturated carbocycles. The Labute approximate surface area is 95.9 Å². The van der Waals surface area contributed by atoms with Crippen LogP contribution < -0.4 is 4.31 Å². The van der Waals surface area contributed by atoms with Crippen LogP contribution in [0.1, 0.15) is 20.8 Å². The molecule has 1 aromatic carbocycles. The number of nitrogens with zero attached hydrogens (tertiary/aromatic N) is 1. The van der Waals surface area contributed by atoms with Gasteiger partial charge in [-0.25, -0.2) is 12.8 Å². The van der Waals surface area contributed by atoms with Gasteiger partial charge in [-0.15, -0.1) is 0 Å². The van der Waals surface area contributed by atoms with Gasteiger partial charge in [-0.1, -0.05) is 6.07 Å². The van der Waals surface area contributed by atoms with Gasteiger partial charge in [-0.3, -0.25) is 4.31 Å². The Kier molecular flexibility index (Phi) is 3.91. The van der Waals surface area contributed by atoms with Crippen molar-refractivity contribution < 1.29 is 12.8 Å². The van der Waals surface area contributed by atoms with E-state index in [1.165, 1.54) is 22.5 Å².